The molecule has 0 aliphatic heterocycles. The van der Waals surface area contributed by atoms with E-state index in [1.807, 2.05) is 17.5 Å². The van der Waals surface area contributed by atoms with Gasteiger partial charge in [-0.25, -0.2) is 9.78 Å². The predicted octanol–water partition coefficient (Wildman–Crippen LogP) is 5.64. The molecule has 4 aromatic rings. The summed E-state index contributed by atoms with van der Waals surface area (Å²) in [6, 6.07) is 17.2. The second kappa shape index (κ2) is 8.43. The number of hydrogen-bond donors (Lipinski definition) is 0. The number of thiophene rings is 1. The van der Waals surface area contributed by atoms with Crippen LogP contribution in [0.3, 0.4) is 0 Å². The van der Waals surface area contributed by atoms with Crippen LogP contribution in [0.2, 0.25) is 5.02 Å². The zero-order chi connectivity index (χ0) is 20.2. The van der Waals surface area contributed by atoms with Crippen molar-refractivity contribution in [2.24, 2.45) is 0 Å². The Morgan fingerprint density at radius 2 is 1.76 bits per heavy atom. The first kappa shape index (κ1) is 19.1. The third kappa shape index (κ3) is 4.29. The lowest BCUT2D eigenvalue weighted by molar-refractivity contribution is 0.0436. The molecule has 0 atom stereocenters. The first-order valence-electron chi connectivity index (χ1n) is 8.67. The molecule has 0 aliphatic rings. The minimum atomic E-state index is -0.614. The highest BCUT2D eigenvalue weighted by atomic mass is 35.5. The van der Waals surface area contributed by atoms with Gasteiger partial charge < -0.3 is 9.15 Å². The SMILES string of the molecule is O=C(OCc1ncc(-c2ccc(Cl)cc2)o1)c1ccccc1C(=O)c1cccs1. The van der Waals surface area contributed by atoms with Gasteiger partial charge in [0.05, 0.1) is 16.6 Å². The number of ether oxygens (including phenoxy) is 1. The Labute approximate surface area is 175 Å². The molecule has 0 fully saturated rings. The predicted molar refractivity (Wildman–Crippen MR) is 110 cm³/mol. The summed E-state index contributed by atoms with van der Waals surface area (Å²) in [5.41, 5.74) is 1.32. The lowest BCUT2D eigenvalue weighted by Crippen LogP contribution is -2.12. The normalized spacial score (nSPS) is 10.7. The fourth-order valence-corrected chi connectivity index (χ4v) is 3.53. The van der Waals surface area contributed by atoms with E-state index in [4.69, 9.17) is 20.8 Å². The monoisotopic (exact) mass is 423 g/mol. The number of esters is 1. The van der Waals surface area contributed by atoms with Crippen molar-refractivity contribution in [3.8, 4) is 11.3 Å². The van der Waals surface area contributed by atoms with Crippen molar-refractivity contribution in [1.29, 1.82) is 0 Å². The molecule has 2 aromatic carbocycles. The van der Waals surface area contributed by atoms with E-state index in [0.29, 0.717) is 21.2 Å². The summed E-state index contributed by atoms with van der Waals surface area (Å²) in [5.74, 6) is -0.0307. The third-order valence-corrected chi connectivity index (χ3v) is 5.27. The van der Waals surface area contributed by atoms with Crippen molar-refractivity contribution >= 4 is 34.7 Å². The average molecular weight is 424 g/mol. The minimum Gasteiger partial charge on any atom is -0.452 e. The number of rotatable bonds is 6. The van der Waals surface area contributed by atoms with E-state index in [0.717, 1.165) is 5.56 Å². The van der Waals surface area contributed by atoms with Crippen LogP contribution >= 0.6 is 22.9 Å². The molecule has 0 unspecified atom stereocenters. The van der Waals surface area contributed by atoms with Crippen LogP contribution in [0.15, 0.2) is 76.7 Å². The van der Waals surface area contributed by atoms with Gasteiger partial charge in [-0.2, -0.15) is 0 Å². The molecule has 2 heterocycles. The van der Waals surface area contributed by atoms with E-state index in [9.17, 15) is 9.59 Å². The summed E-state index contributed by atoms with van der Waals surface area (Å²) in [6.07, 6.45) is 1.56. The third-order valence-electron chi connectivity index (χ3n) is 4.15. The number of ketones is 1. The molecule has 2 aromatic heterocycles. The van der Waals surface area contributed by atoms with Gasteiger partial charge in [-0.1, -0.05) is 35.9 Å². The summed E-state index contributed by atoms with van der Waals surface area (Å²) >= 11 is 7.21. The van der Waals surface area contributed by atoms with Crippen LogP contribution in [0.4, 0.5) is 0 Å². The second-order valence-corrected chi connectivity index (χ2v) is 7.44. The van der Waals surface area contributed by atoms with Crippen LogP contribution in [0, 0.1) is 0 Å². The average Bonchev–Trinajstić information content (AvgIpc) is 3.44. The molecule has 0 saturated carbocycles. The van der Waals surface area contributed by atoms with E-state index in [-0.39, 0.29) is 23.8 Å². The fourth-order valence-electron chi connectivity index (χ4n) is 2.73. The van der Waals surface area contributed by atoms with Gasteiger partial charge in [0, 0.05) is 16.1 Å². The minimum absolute atomic E-state index is 0.145. The van der Waals surface area contributed by atoms with E-state index >= 15 is 0 Å². The van der Waals surface area contributed by atoms with Crippen LogP contribution in [-0.2, 0) is 11.3 Å². The Kier molecular flexibility index (Phi) is 5.55. The first-order chi connectivity index (χ1) is 14.1. The zero-order valence-corrected chi connectivity index (χ0v) is 16.6. The van der Waals surface area contributed by atoms with Gasteiger partial charge >= 0.3 is 5.97 Å². The fraction of sp³-hybridized carbons (Fsp3) is 0.0455. The summed E-state index contributed by atoms with van der Waals surface area (Å²) in [5, 5.41) is 2.44. The van der Waals surface area contributed by atoms with Crippen LogP contribution in [0.1, 0.15) is 31.5 Å². The molecule has 29 heavy (non-hydrogen) atoms. The molecule has 0 aliphatic carbocycles. The number of oxazole rings is 1. The smallest absolute Gasteiger partial charge is 0.339 e. The lowest BCUT2D eigenvalue weighted by atomic mass is 10.0. The molecule has 7 heteroatoms. The largest absolute Gasteiger partial charge is 0.452 e. The maximum absolute atomic E-state index is 12.7. The molecule has 0 amide bonds. The molecule has 144 valence electrons. The van der Waals surface area contributed by atoms with Crippen molar-refractivity contribution in [3.63, 3.8) is 0 Å². The maximum Gasteiger partial charge on any atom is 0.339 e. The summed E-state index contributed by atoms with van der Waals surface area (Å²) in [7, 11) is 0. The highest BCUT2D eigenvalue weighted by Gasteiger charge is 2.20. The van der Waals surface area contributed by atoms with Gasteiger partial charge in [0.1, 0.15) is 0 Å². The van der Waals surface area contributed by atoms with Crippen molar-refractivity contribution in [3.05, 3.63) is 99.2 Å². The highest BCUT2D eigenvalue weighted by Crippen LogP contribution is 2.23. The quantitative estimate of drug-likeness (QED) is 0.296. The number of benzene rings is 2. The Hall–Kier alpha value is -3.22. The van der Waals surface area contributed by atoms with Gasteiger partial charge in [0.15, 0.2) is 12.4 Å². The van der Waals surface area contributed by atoms with Gasteiger partial charge in [-0.15, -0.1) is 11.3 Å². The van der Waals surface area contributed by atoms with Crippen molar-refractivity contribution in [2.45, 2.75) is 6.61 Å². The molecular weight excluding hydrogens is 410 g/mol. The van der Waals surface area contributed by atoms with Gasteiger partial charge in [-0.05, 0) is 41.8 Å². The molecule has 0 bridgehead atoms. The van der Waals surface area contributed by atoms with Gasteiger partial charge in [-0.3, -0.25) is 4.79 Å². The number of carbonyl (C=O) groups is 2. The van der Waals surface area contributed by atoms with Crippen molar-refractivity contribution in [2.75, 3.05) is 0 Å². The van der Waals surface area contributed by atoms with Crippen LogP contribution < -0.4 is 0 Å². The van der Waals surface area contributed by atoms with E-state index < -0.39 is 5.97 Å². The topological polar surface area (TPSA) is 69.4 Å². The van der Waals surface area contributed by atoms with E-state index in [1.165, 1.54) is 11.3 Å². The van der Waals surface area contributed by atoms with E-state index in [2.05, 4.69) is 4.98 Å². The number of hydrogen-bond acceptors (Lipinski definition) is 6. The Balaban J connectivity index is 1.47. The van der Waals surface area contributed by atoms with Crippen LogP contribution in [0.25, 0.3) is 11.3 Å². The van der Waals surface area contributed by atoms with Crippen LogP contribution in [-0.4, -0.2) is 16.7 Å². The number of aromatic nitrogens is 1. The van der Waals surface area contributed by atoms with Gasteiger partial charge in [0.25, 0.3) is 0 Å². The molecule has 0 saturated heterocycles. The summed E-state index contributed by atoms with van der Waals surface area (Å²) in [6.45, 7) is -0.145. The number of halogens is 1. The molecule has 4 rings (SSSR count). The molecule has 0 N–H and O–H groups in total. The second-order valence-electron chi connectivity index (χ2n) is 6.05. The lowest BCUT2D eigenvalue weighted by Gasteiger charge is -2.07. The van der Waals surface area contributed by atoms with Crippen LogP contribution in [0.5, 0.6) is 0 Å². The Bertz CT molecular complexity index is 1150. The van der Waals surface area contributed by atoms with Crippen molar-refractivity contribution in [1.82, 2.24) is 4.98 Å². The van der Waals surface area contributed by atoms with E-state index in [1.54, 1.807) is 54.7 Å². The first-order valence-corrected chi connectivity index (χ1v) is 9.92. The molecule has 5 nitrogen and oxygen atoms in total. The Morgan fingerprint density at radius 1 is 1.00 bits per heavy atom. The molecule has 0 radical (unpaired) electrons. The number of nitrogens with zero attached hydrogens (tertiary/aromatic N) is 1. The van der Waals surface area contributed by atoms with Gasteiger partial charge in [0.2, 0.25) is 11.7 Å². The maximum atomic E-state index is 12.7. The summed E-state index contributed by atoms with van der Waals surface area (Å²) in [4.78, 5) is 29.9. The van der Waals surface area contributed by atoms with Crippen molar-refractivity contribution < 1.29 is 18.7 Å². The highest BCUT2D eigenvalue weighted by molar-refractivity contribution is 7.12. The summed E-state index contributed by atoms with van der Waals surface area (Å²) < 4.78 is 11.0. The number of carbonyl (C=O) groups excluding carboxylic acids is 2. The Morgan fingerprint density at radius 3 is 2.48 bits per heavy atom. The standard InChI is InChI=1S/C22H14ClNO4S/c23-15-9-7-14(8-10-15)18-12-24-20(28-18)13-27-22(26)17-5-2-1-4-16(17)21(25)19-6-3-11-29-19/h1-12H,13H2. The zero-order valence-electron chi connectivity index (χ0n) is 15.0. The molecular formula is C22H14ClNO4S. The molecule has 0 spiro atoms.